The van der Waals surface area contributed by atoms with Crippen LogP contribution in [-0.2, 0) is 15.9 Å². The van der Waals surface area contributed by atoms with E-state index in [1.54, 1.807) is 6.07 Å². The molecule has 0 aliphatic heterocycles. The molecule has 3 nitrogen and oxygen atoms in total. The van der Waals surface area contributed by atoms with Crippen LogP contribution in [0.15, 0.2) is 14.7 Å². The second-order valence-corrected chi connectivity index (χ2v) is 7.61. The number of halogens is 2. The minimum absolute atomic E-state index is 0.281. The van der Waals surface area contributed by atoms with Crippen molar-refractivity contribution in [3.05, 3.63) is 14.7 Å². The van der Waals surface area contributed by atoms with E-state index in [9.17, 15) is 8.42 Å². The monoisotopic (exact) mass is 317 g/mol. The van der Waals surface area contributed by atoms with Gasteiger partial charge in [-0.05, 0) is 22.0 Å². The van der Waals surface area contributed by atoms with Crippen LogP contribution < -0.4 is 0 Å². The fourth-order valence-electron chi connectivity index (χ4n) is 0.836. The first-order valence-electron chi connectivity index (χ1n) is 3.66. The van der Waals surface area contributed by atoms with E-state index in [0.717, 1.165) is 4.88 Å². The van der Waals surface area contributed by atoms with Gasteiger partial charge in [0.15, 0.2) is 0 Å². The van der Waals surface area contributed by atoms with Crippen LogP contribution in [0.3, 0.4) is 0 Å². The Morgan fingerprint density at radius 1 is 1.57 bits per heavy atom. The van der Waals surface area contributed by atoms with Gasteiger partial charge in [0, 0.05) is 19.0 Å². The molecule has 0 aromatic carbocycles. The Hall–Kier alpha value is 0.380. The third kappa shape index (κ3) is 2.30. The molecule has 7 heteroatoms. The summed E-state index contributed by atoms with van der Waals surface area (Å²) >= 11 is 10.2. The summed E-state index contributed by atoms with van der Waals surface area (Å²) in [6.45, 7) is 0. The maximum absolute atomic E-state index is 11.7. The Morgan fingerprint density at radius 3 is 2.50 bits per heavy atom. The van der Waals surface area contributed by atoms with Gasteiger partial charge in [0.2, 0.25) is 10.0 Å². The normalized spacial score (nSPS) is 12.4. The Labute approximate surface area is 101 Å². The smallest absolute Gasteiger partial charge is 0.207 e. The number of alkyl halides is 1. The number of rotatable bonds is 3. The van der Waals surface area contributed by atoms with E-state index >= 15 is 0 Å². The van der Waals surface area contributed by atoms with Crippen molar-refractivity contribution < 1.29 is 8.42 Å². The van der Waals surface area contributed by atoms with Gasteiger partial charge in [-0.1, -0.05) is 0 Å². The number of hydrogen-bond acceptors (Lipinski definition) is 3. The Morgan fingerprint density at radius 2 is 2.14 bits per heavy atom. The number of sulfonamides is 1. The average Bonchev–Trinajstić information content (AvgIpc) is 2.47. The molecule has 0 N–H and O–H groups in total. The molecule has 0 spiro atoms. The molecule has 1 aromatic heterocycles. The lowest BCUT2D eigenvalue weighted by molar-refractivity contribution is 0.520. The first kappa shape index (κ1) is 12.4. The maximum Gasteiger partial charge on any atom is 0.244 e. The molecule has 0 fully saturated rings. The molecule has 1 aromatic rings. The summed E-state index contributed by atoms with van der Waals surface area (Å²) in [5.74, 6) is 0.326. The SMILES string of the molecule is CN(C)S(=O)(=O)c1cc(CCl)sc1Br. The molecule has 0 aliphatic carbocycles. The van der Waals surface area contributed by atoms with E-state index in [-0.39, 0.29) is 4.90 Å². The van der Waals surface area contributed by atoms with Crippen LogP contribution in [0.1, 0.15) is 4.88 Å². The predicted octanol–water partition coefficient (Wildman–Crippen LogP) is 2.50. The molecule has 0 bridgehead atoms. The van der Waals surface area contributed by atoms with Crippen LogP contribution in [0.25, 0.3) is 0 Å². The summed E-state index contributed by atoms with van der Waals surface area (Å²) in [5.41, 5.74) is 0. The summed E-state index contributed by atoms with van der Waals surface area (Å²) in [6.07, 6.45) is 0. The molecule has 0 unspecified atom stereocenters. The second-order valence-electron chi connectivity index (χ2n) is 2.77. The summed E-state index contributed by atoms with van der Waals surface area (Å²) in [5, 5.41) is 0. The first-order valence-corrected chi connectivity index (χ1v) is 7.24. The fourth-order valence-corrected chi connectivity index (χ4v) is 4.45. The van der Waals surface area contributed by atoms with Crippen molar-refractivity contribution in [2.24, 2.45) is 0 Å². The van der Waals surface area contributed by atoms with Gasteiger partial charge in [-0.3, -0.25) is 0 Å². The van der Waals surface area contributed by atoms with Crippen LogP contribution in [0.5, 0.6) is 0 Å². The number of nitrogens with zero attached hydrogens (tertiary/aromatic N) is 1. The van der Waals surface area contributed by atoms with Crippen molar-refractivity contribution in [2.45, 2.75) is 10.8 Å². The van der Waals surface area contributed by atoms with E-state index in [1.165, 1.54) is 29.7 Å². The molecule has 0 amide bonds. The summed E-state index contributed by atoms with van der Waals surface area (Å²) in [6, 6.07) is 1.59. The largest absolute Gasteiger partial charge is 0.244 e. The van der Waals surface area contributed by atoms with Gasteiger partial charge in [-0.25, -0.2) is 12.7 Å². The molecule has 0 saturated carbocycles. The standard InChI is InChI=1S/C7H9BrClNO2S2/c1-10(2)14(11,12)6-3-5(4-9)13-7(6)8/h3H,4H2,1-2H3. The average molecular weight is 319 g/mol. The molecule has 80 valence electrons. The Balaban J connectivity index is 3.26. The number of hydrogen-bond donors (Lipinski definition) is 0. The predicted molar refractivity (Wildman–Crippen MR) is 62.4 cm³/mol. The van der Waals surface area contributed by atoms with Crippen LogP contribution in [0, 0.1) is 0 Å². The molecule has 0 aliphatic rings. The van der Waals surface area contributed by atoms with Crippen molar-refractivity contribution in [1.29, 1.82) is 0 Å². The highest BCUT2D eigenvalue weighted by Gasteiger charge is 2.22. The van der Waals surface area contributed by atoms with Gasteiger partial charge >= 0.3 is 0 Å². The Bertz CT molecular complexity index is 427. The topological polar surface area (TPSA) is 37.4 Å². The zero-order valence-electron chi connectivity index (χ0n) is 7.62. The lowest BCUT2D eigenvalue weighted by Gasteiger charge is -2.09. The van der Waals surface area contributed by atoms with Gasteiger partial charge in [0.1, 0.15) is 4.90 Å². The lowest BCUT2D eigenvalue weighted by Crippen LogP contribution is -2.21. The molecule has 0 atom stereocenters. The summed E-state index contributed by atoms with van der Waals surface area (Å²) < 4.78 is 25.3. The Kier molecular flexibility index (Phi) is 3.99. The van der Waals surface area contributed by atoms with Crippen LogP contribution in [-0.4, -0.2) is 26.8 Å². The third-order valence-corrected chi connectivity index (χ3v) is 6.11. The zero-order chi connectivity index (χ0) is 10.9. The van der Waals surface area contributed by atoms with Gasteiger partial charge in [0.05, 0.1) is 9.67 Å². The highest BCUT2D eigenvalue weighted by molar-refractivity contribution is 9.11. The quantitative estimate of drug-likeness (QED) is 0.803. The van der Waals surface area contributed by atoms with Crippen LogP contribution >= 0.6 is 38.9 Å². The highest BCUT2D eigenvalue weighted by atomic mass is 79.9. The molecule has 0 saturated heterocycles. The van der Waals surface area contributed by atoms with Gasteiger partial charge < -0.3 is 0 Å². The van der Waals surface area contributed by atoms with E-state index in [1.807, 2.05) is 0 Å². The van der Waals surface area contributed by atoms with Crippen molar-refractivity contribution in [3.63, 3.8) is 0 Å². The minimum Gasteiger partial charge on any atom is -0.207 e. The summed E-state index contributed by atoms with van der Waals surface area (Å²) in [7, 11) is -0.359. The fraction of sp³-hybridized carbons (Fsp3) is 0.429. The van der Waals surface area contributed by atoms with Crippen LogP contribution in [0.2, 0.25) is 0 Å². The molecular weight excluding hydrogens is 310 g/mol. The summed E-state index contributed by atoms with van der Waals surface area (Å²) in [4.78, 5) is 1.11. The van der Waals surface area contributed by atoms with Gasteiger partial charge in [-0.2, -0.15) is 0 Å². The van der Waals surface area contributed by atoms with E-state index in [4.69, 9.17) is 11.6 Å². The first-order chi connectivity index (χ1) is 6.39. The molecule has 1 rings (SSSR count). The van der Waals surface area contributed by atoms with Crippen molar-refractivity contribution in [2.75, 3.05) is 14.1 Å². The van der Waals surface area contributed by atoms with Crippen molar-refractivity contribution in [3.8, 4) is 0 Å². The highest BCUT2D eigenvalue weighted by Crippen LogP contribution is 2.33. The van der Waals surface area contributed by atoms with E-state index in [2.05, 4.69) is 15.9 Å². The van der Waals surface area contributed by atoms with E-state index in [0.29, 0.717) is 9.67 Å². The molecule has 14 heavy (non-hydrogen) atoms. The third-order valence-electron chi connectivity index (χ3n) is 1.60. The molecule has 1 heterocycles. The maximum atomic E-state index is 11.7. The lowest BCUT2D eigenvalue weighted by atomic mass is 10.5. The van der Waals surface area contributed by atoms with Crippen LogP contribution in [0.4, 0.5) is 0 Å². The molecule has 0 radical (unpaired) electrons. The van der Waals surface area contributed by atoms with Gasteiger partial charge in [0.25, 0.3) is 0 Å². The second kappa shape index (κ2) is 4.49. The minimum atomic E-state index is -3.36. The van der Waals surface area contributed by atoms with Gasteiger partial charge in [-0.15, -0.1) is 22.9 Å². The number of thiophene rings is 1. The van der Waals surface area contributed by atoms with Crippen molar-refractivity contribution in [1.82, 2.24) is 4.31 Å². The van der Waals surface area contributed by atoms with Crippen molar-refractivity contribution >= 4 is 48.9 Å². The van der Waals surface area contributed by atoms with E-state index < -0.39 is 10.0 Å². The molecular formula is C7H9BrClNO2S2. The zero-order valence-corrected chi connectivity index (χ0v) is 11.6.